The molecule has 512 valence electrons. The van der Waals surface area contributed by atoms with E-state index >= 15 is 0 Å². The number of halogens is 2. The van der Waals surface area contributed by atoms with Crippen molar-refractivity contribution in [3.63, 3.8) is 0 Å². The lowest BCUT2D eigenvalue weighted by Gasteiger charge is -2.16. The summed E-state index contributed by atoms with van der Waals surface area (Å²) in [4.78, 5) is 51.5. The number of thioether (sulfide) groups is 2. The fourth-order valence-electron chi connectivity index (χ4n) is 6.58. The molecule has 0 aliphatic heterocycles. The van der Waals surface area contributed by atoms with E-state index in [0.717, 1.165) is 94.6 Å². The zero-order chi connectivity index (χ0) is 71.0. The van der Waals surface area contributed by atoms with Crippen LogP contribution < -0.4 is 11.5 Å². The van der Waals surface area contributed by atoms with Gasteiger partial charge in [0.15, 0.2) is 0 Å². The zero-order valence-corrected chi connectivity index (χ0v) is 63.4. The molecule has 6 N–H and O–H groups in total. The van der Waals surface area contributed by atoms with Crippen molar-refractivity contribution in [2.45, 2.75) is 146 Å². The van der Waals surface area contributed by atoms with Crippen molar-refractivity contribution in [3.8, 4) is 0 Å². The predicted molar refractivity (Wildman–Crippen MR) is 404 cm³/mol. The summed E-state index contributed by atoms with van der Waals surface area (Å²) < 4.78 is 9.63. The van der Waals surface area contributed by atoms with E-state index in [1.54, 1.807) is 57.5 Å². The molecule has 7 aromatic rings. The van der Waals surface area contributed by atoms with E-state index < -0.39 is 11.9 Å². The minimum atomic E-state index is -0.754. The lowest BCUT2D eigenvalue weighted by molar-refractivity contribution is -0.139. The molecule has 0 amide bonds. The number of carboxylic acids is 1. The molecule has 0 saturated heterocycles. The van der Waals surface area contributed by atoms with Gasteiger partial charge in [-0.3, -0.25) is 20.0 Å². The number of carbonyl (C=O) groups is 2. The standard InChI is InChI=1S/C16H22ClNOS.C12H15ClO2.5C5H8N2.C4H9NS.C3H7NS.C2H3NS.2C2H6.CH5N/c1-18-16(20-2)12-15(19)14(10-6-7-11-17)13-8-4-3-5-9-13;13-9-5-4-8-11(12(14)15)10-6-2-1-3-7-10;5*1-5-3-7(2)4-6-5;1-3-4(5)6-2;1-2-3(4)5;1-3-2-4;3*1-2/h3-5,8-9,14H,6-7,10-12H2,1-2H3;1-3,6-7,11H,4-5,8-9H2,(H,14,15);5*3-4H,1-2H3;5H,3H2,1-2H3;2H2,1H3,(H2,4,5);1H3;2*1-2H3;2H2,1H3. The van der Waals surface area contributed by atoms with Crippen LogP contribution in [0, 0.1) is 40.0 Å². The maximum absolute atomic E-state index is 12.5. The average Bonchev–Trinajstić information content (AvgIpc) is 3.79. The molecule has 0 saturated carbocycles. The maximum atomic E-state index is 12.5. The molecule has 0 bridgehead atoms. The Labute approximate surface area is 577 Å². The summed E-state index contributed by atoms with van der Waals surface area (Å²) in [5.41, 5.74) is 16.9. The third-order valence-corrected chi connectivity index (χ3v) is 13.4. The Balaban J connectivity index is -0.000000227. The van der Waals surface area contributed by atoms with Crippen LogP contribution in [-0.2, 0) is 44.8 Å². The fraction of sp³-hybridized carbons (Fsp3) is 0.507. The van der Waals surface area contributed by atoms with Crippen LogP contribution >= 0.6 is 71.2 Å². The van der Waals surface area contributed by atoms with Crippen molar-refractivity contribution < 1.29 is 14.7 Å². The minimum Gasteiger partial charge on any atom is -0.481 e. The van der Waals surface area contributed by atoms with E-state index in [0.29, 0.717) is 29.6 Å². The number of nitrogens with one attached hydrogen (secondary N) is 1. The van der Waals surface area contributed by atoms with Crippen LogP contribution in [0.4, 0.5) is 0 Å². The van der Waals surface area contributed by atoms with E-state index in [2.05, 4.69) is 70.2 Å². The summed E-state index contributed by atoms with van der Waals surface area (Å²) in [6.07, 6.45) is 30.0. The molecular weight excluding hydrogens is 1260 g/mol. The molecule has 2 atom stereocenters. The van der Waals surface area contributed by atoms with Crippen molar-refractivity contribution in [2.75, 3.05) is 45.4 Å². The molecule has 0 aliphatic carbocycles. The molecule has 2 unspecified atom stereocenters. The summed E-state index contributed by atoms with van der Waals surface area (Å²) in [7, 11) is 14.6. The summed E-state index contributed by atoms with van der Waals surface area (Å²) in [6, 6.07) is 19.4. The largest absolute Gasteiger partial charge is 0.481 e. The van der Waals surface area contributed by atoms with Crippen molar-refractivity contribution in [3.05, 3.63) is 163 Å². The Hall–Kier alpha value is -6.10. The van der Waals surface area contributed by atoms with Gasteiger partial charge >= 0.3 is 5.97 Å². The average molecular weight is 1380 g/mol. The highest BCUT2D eigenvalue weighted by Crippen LogP contribution is 2.26. The second-order valence-corrected chi connectivity index (χ2v) is 21.9. The highest BCUT2D eigenvalue weighted by Gasteiger charge is 2.21. The molecule has 0 fully saturated rings. The van der Waals surface area contributed by atoms with Gasteiger partial charge in [-0.1, -0.05) is 127 Å². The Bertz CT molecular complexity index is 2560. The number of carbonyl (C=O) groups excluding carboxylic acids is 1. The number of ketones is 1. The Kier molecular flexibility index (Phi) is 72.0. The third-order valence-electron chi connectivity index (χ3n) is 10.8. The summed E-state index contributed by atoms with van der Waals surface area (Å²) in [5, 5.41) is 19.8. The minimum absolute atomic E-state index is 0.0386. The van der Waals surface area contributed by atoms with Gasteiger partial charge in [-0.15, -0.1) is 46.7 Å². The number of rotatable bonds is 16. The molecular formula is C67H113Cl2N15O3S4. The van der Waals surface area contributed by atoms with Crippen LogP contribution in [0.2, 0.25) is 0 Å². The van der Waals surface area contributed by atoms with E-state index in [9.17, 15) is 9.59 Å². The smallest absolute Gasteiger partial charge is 0.310 e. The molecule has 7 rings (SSSR count). The van der Waals surface area contributed by atoms with Crippen molar-refractivity contribution >= 4 is 103 Å². The van der Waals surface area contributed by atoms with Gasteiger partial charge in [0.05, 0.1) is 92.7 Å². The van der Waals surface area contributed by atoms with Crippen LogP contribution in [0.15, 0.2) is 133 Å². The van der Waals surface area contributed by atoms with E-state index in [4.69, 9.17) is 39.5 Å². The first-order valence-electron chi connectivity index (χ1n) is 30.0. The number of nitrogens with zero attached hydrogens (tertiary/aromatic N) is 12. The Morgan fingerprint density at radius 2 is 0.879 bits per heavy atom. The van der Waals surface area contributed by atoms with E-state index in [1.165, 1.54) is 18.8 Å². The summed E-state index contributed by atoms with van der Waals surface area (Å²) in [5.74, 6) is 0.317. The first-order chi connectivity index (χ1) is 43.4. The van der Waals surface area contributed by atoms with Gasteiger partial charge < -0.3 is 39.4 Å². The number of unbranched alkanes of at least 4 members (excludes halogenated alkanes) is 2. The van der Waals surface area contributed by atoms with Crippen molar-refractivity contribution in [1.29, 1.82) is 5.41 Å². The van der Waals surface area contributed by atoms with Gasteiger partial charge in [-0.25, -0.2) is 29.9 Å². The fourth-order valence-corrected chi connectivity index (χ4v) is 7.72. The van der Waals surface area contributed by atoms with Crippen LogP contribution in [0.3, 0.4) is 0 Å². The molecule has 2 aromatic carbocycles. The third kappa shape index (κ3) is 61.2. The van der Waals surface area contributed by atoms with Crippen LogP contribution in [0.5, 0.6) is 0 Å². The molecule has 91 heavy (non-hydrogen) atoms. The number of aryl methyl sites for hydroxylation is 10. The van der Waals surface area contributed by atoms with E-state index in [1.807, 2.05) is 238 Å². The van der Waals surface area contributed by atoms with Crippen molar-refractivity contribution in [1.82, 2.24) is 47.8 Å². The molecule has 0 radical (unpaired) electrons. The number of aliphatic imine (C=N–C) groups is 2. The number of hydrogen-bond donors (Lipinski definition) is 4. The number of isothiocyanates is 1. The van der Waals surface area contributed by atoms with Gasteiger partial charge in [0.25, 0.3) is 0 Å². The van der Waals surface area contributed by atoms with E-state index in [-0.39, 0.29) is 11.7 Å². The summed E-state index contributed by atoms with van der Waals surface area (Å²) >= 11 is 23.0. The Morgan fingerprint density at radius 1 is 0.593 bits per heavy atom. The SMILES string of the molecule is CC.CC.CCC(=N)SC.CCC(N)=S.CN.CN=C(CC(=O)C(CCCCCl)c1ccccc1)SC.CN=C=S.Cc1cn(C)cn1.Cc1cn(C)cn1.Cc1cn(C)cn1.Cc1cn(C)cn1.Cc1cn(C)cn1.O=C(O)C(CCCCCl)c1ccccc1. The molecule has 5 heterocycles. The zero-order valence-electron chi connectivity index (χ0n) is 58.7. The van der Waals surface area contributed by atoms with Gasteiger partial charge in [-0.05, 0) is 116 Å². The van der Waals surface area contributed by atoms with Crippen LogP contribution in [0.1, 0.15) is 151 Å². The highest BCUT2D eigenvalue weighted by molar-refractivity contribution is 8.13. The number of carboxylic acid groups (broad SMARTS) is 1. The quantitative estimate of drug-likeness (QED) is 0.0231. The van der Waals surface area contributed by atoms with Crippen molar-refractivity contribution in [2.24, 2.45) is 56.7 Å². The normalized spacial score (nSPS) is 9.91. The number of alkyl halides is 2. The number of imidazole rings is 5. The molecule has 0 aliphatic rings. The van der Waals surface area contributed by atoms with Crippen LogP contribution in [-0.4, -0.2) is 130 Å². The maximum Gasteiger partial charge on any atom is 0.310 e. The Morgan fingerprint density at radius 3 is 1.04 bits per heavy atom. The predicted octanol–water partition coefficient (Wildman–Crippen LogP) is 16.2. The van der Waals surface area contributed by atoms with Crippen LogP contribution in [0.25, 0.3) is 0 Å². The highest BCUT2D eigenvalue weighted by atomic mass is 35.5. The lowest BCUT2D eigenvalue weighted by Crippen LogP contribution is -2.16. The molecule has 24 heteroatoms. The topological polar surface area (TPSA) is 244 Å². The first-order valence-corrected chi connectivity index (χ1v) is 34.4. The number of nitrogens with two attached hydrogens (primary N) is 2. The number of Topliss-reactive ketones (excluding diaryl/α,β-unsaturated/α-hetero) is 1. The first kappa shape index (κ1) is 96.0. The van der Waals surface area contributed by atoms with Gasteiger partial charge in [0.2, 0.25) is 0 Å². The number of aromatic nitrogens is 10. The monoisotopic (exact) mass is 1370 g/mol. The molecule has 18 nitrogen and oxygen atoms in total. The molecule has 5 aromatic heterocycles. The van der Waals surface area contributed by atoms with Gasteiger partial charge in [0.1, 0.15) is 5.78 Å². The number of aliphatic carboxylic acids is 1. The van der Waals surface area contributed by atoms with Gasteiger partial charge in [-0.2, -0.15) is 0 Å². The number of thiocarbonyl (C=S) groups is 2. The summed E-state index contributed by atoms with van der Waals surface area (Å²) in [6.45, 7) is 21.8. The van der Waals surface area contributed by atoms with Gasteiger partial charge in [0, 0.05) is 98.0 Å². The second kappa shape index (κ2) is 68.3. The number of benzene rings is 2. The lowest BCUT2D eigenvalue weighted by atomic mass is 9.88. The number of hydrogen-bond acceptors (Lipinski definition) is 15. The molecule has 0 spiro atoms. The second-order valence-electron chi connectivity index (χ2n) is 18.6.